The van der Waals surface area contributed by atoms with E-state index in [-0.39, 0.29) is 11.9 Å². The Morgan fingerprint density at radius 2 is 1.74 bits per heavy atom. The molecule has 1 aromatic rings. The van der Waals surface area contributed by atoms with E-state index < -0.39 is 39.1 Å². The zero-order valence-corrected chi connectivity index (χ0v) is 12.4. The van der Waals surface area contributed by atoms with Gasteiger partial charge in [0.15, 0.2) is 11.6 Å². The van der Waals surface area contributed by atoms with Crippen molar-refractivity contribution in [3.8, 4) is 11.5 Å². The van der Waals surface area contributed by atoms with Gasteiger partial charge in [0.05, 0.1) is 6.10 Å². The minimum Gasteiger partial charge on any atom is -0.490 e. The number of hydrogen-bond acceptors (Lipinski definition) is 5. The van der Waals surface area contributed by atoms with Crippen molar-refractivity contribution in [3.63, 3.8) is 0 Å². The number of ether oxygens (including phenoxy) is 2. The van der Waals surface area contributed by atoms with Gasteiger partial charge in [0.2, 0.25) is 5.82 Å². The van der Waals surface area contributed by atoms with Gasteiger partial charge in [-0.05, 0) is 0 Å². The fourth-order valence-electron chi connectivity index (χ4n) is 1.83. The highest BCUT2D eigenvalue weighted by molar-refractivity contribution is 7.88. The van der Waals surface area contributed by atoms with E-state index in [1.165, 1.54) is 7.11 Å². The molecule has 23 heavy (non-hydrogen) atoms. The van der Waals surface area contributed by atoms with Crippen LogP contribution in [-0.4, -0.2) is 33.2 Å². The molecule has 1 saturated carbocycles. The maximum absolute atomic E-state index is 13.4. The van der Waals surface area contributed by atoms with Crippen LogP contribution in [0.5, 0.6) is 11.5 Å². The molecule has 0 aromatic heterocycles. The highest BCUT2D eigenvalue weighted by atomic mass is 32.2. The first-order valence-electron chi connectivity index (χ1n) is 6.22. The van der Waals surface area contributed by atoms with Crippen molar-refractivity contribution in [3.05, 3.63) is 23.8 Å². The maximum atomic E-state index is 13.4. The van der Waals surface area contributed by atoms with Gasteiger partial charge in [-0.2, -0.15) is 26.0 Å². The van der Waals surface area contributed by atoms with Crippen LogP contribution in [0.15, 0.2) is 12.1 Å². The van der Waals surface area contributed by atoms with E-state index in [1.54, 1.807) is 0 Å². The summed E-state index contributed by atoms with van der Waals surface area (Å²) in [5.41, 5.74) is -5.77. The molecule has 0 amide bonds. The quantitative estimate of drug-likeness (QED) is 0.458. The van der Waals surface area contributed by atoms with Crippen molar-refractivity contribution in [1.29, 1.82) is 0 Å². The molecule has 1 aliphatic rings. The van der Waals surface area contributed by atoms with Crippen molar-refractivity contribution < 1.29 is 44.0 Å². The van der Waals surface area contributed by atoms with E-state index in [0.717, 1.165) is 0 Å². The van der Waals surface area contributed by atoms with E-state index in [4.69, 9.17) is 9.47 Å². The number of alkyl halides is 3. The molecule has 1 aliphatic carbocycles. The molecule has 1 fully saturated rings. The Balaban J connectivity index is 2.20. The Labute approximate surface area is 128 Å². The summed E-state index contributed by atoms with van der Waals surface area (Å²) >= 11 is 0. The van der Waals surface area contributed by atoms with E-state index in [2.05, 4.69) is 4.18 Å². The zero-order chi connectivity index (χ0) is 17.4. The first-order chi connectivity index (χ1) is 10.5. The van der Waals surface area contributed by atoms with Gasteiger partial charge in [-0.25, -0.2) is 4.39 Å². The van der Waals surface area contributed by atoms with Crippen LogP contribution >= 0.6 is 0 Å². The fourth-order valence-corrected chi connectivity index (χ4v) is 2.28. The Morgan fingerprint density at radius 3 is 2.26 bits per heavy atom. The third-order valence-electron chi connectivity index (χ3n) is 3.14. The Morgan fingerprint density at radius 1 is 1.13 bits per heavy atom. The summed E-state index contributed by atoms with van der Waals surface area (Å²) in [6.07, 6.45) is 0.433. The Kier molecular flexibility index (Phi) is 4.71. The van der Waals surface area contributed by atoms with Crippen molar-refractivity contribution in [2.75, 3.05) is 7.11 Å². The Hall–Kier alpha value is -1.62. The van der Waals surface area contributed by atoms with Gasteiger partial charge in [-0.15, -0.1) is 0 Å². The summed E-state index contributed by atoms with van der Waals surface area (Å²) in [4.78, 5) is 0. The number of rotatable bonds is 5. The third kappa shape index (κ3) is 3.83. The molecule has 0 bridgehead atoms. The molecular weight excluding hydrogens is 351 g/mol. The molecule has 5 nitrogen and oxygen atoms in total. The van der Waals surface area contributed by atoms with Crippen molar-refractivity contribution in [2.45, 2.75) is 30.6 Å². The average Bonchev–Trinajstić information content (AvgIpc) is 2.37. The van der Waals surface area contributed by atoms with Gasteiger partial charge in [-0.3, -0.25) is 0 Å². The Bertz CT molecular complexity index is 682. The summed E-state index contributed by atoms with van der Waals surface area (Å²) in [6.45, 7) is 0. The van der Waals surface area contributed by atoms with E-state index in [9.17, 15) is 30.4 Å². The summed E-state index contributed by atoms with van der Waals surface area (Å²) in [6, 6.07) is 1.13. The van der Waals surface area contributed by atoms with Gasteiger partial charge >= 0.3 is 15.6 Å². The van der Waals surface area contributed by atoms with Crippen LogP contribution in [0, 0.1) is 11.6 Å². The van der Waals surface area contributed by atoms with Gasteiger partial charge in [-0.1, -0.05) is 0 Å². The maximum Gasteiger partial charge on any atom is 0.534 e. The molecule has 130 valence electrons. The lowest BCUT2D eigenvalue weighted by atomic mass is 9.92. The molecule has 0 N–H and O–H groups in total. The van der Waals surface area contributed by atoms with Crippen LogP contribution in [0.3, 0.4) is 0 Å². The predicted molar refractivity (Wildman–Crippen MR) is 66.4 cm³/mol. The van der Waals surface area contributed by atoms with Crippen LogP contribution in [-0.2, 0) is 14.9 Å². The fraction of sp³-hybridized carbons (Fsp3) is 0.500. The van der Waals surface area contributed by atoms with E-state index in [0.29, 0.717) is 25.0 Å². The first-order valence-corrected chi connectivity index (χ1v) is 7.63. The average molecular weight is 362 g/mol. The lowest BCUT2D eigenvalue weighted by molar-refractivity contribution is -0.0502. The topological polar surface area (TPSA) is 61.8 Å². The molecule has 11 heteroatoms. The molecule has 2 rings (SSSR count). The van der Waals surface area contributed by atoms with Gasteiger partial charge in [0.25, 0.3) is 0 Å². The summed E-state index contributed by atoms with van der Waals surface area (Å²) in [5.74, 6) is -5.25. The second kappa shape index (κ2) is 6.11. The van der Waals surface area contributed by atoms with Crippen molar-refractivity contribution in [1.82, 2.24) is 0 Å². The molecule has 0 radical (unpaired) electrons. The van der Waals surface area contributed by atoms with Crippen LogP contribution in [0.2, 0.25) is 0 Å². The molecule has 0 atom stereocenters. The van der Waals surface area contributed by atoms with Gasteiger partial charge in [0.1, 0.15) is 11.9 Å². The molecule has 0 unspecified atom stereocenters. The second-order valence-electron chi connectivity index (χ2n) is 4.77. The summed E-state index contributed by atoms with van der Waals surface area (Å²) in [5, 5.41) is 0. The summed E-state index contributed by atoms with van der Waals surface area (Å²) in [7, 11) is -4.64. The highest BCUT2D eigenvalue weighted by Crippen LogP contribution is 2.34. The van der Waals surface area contributed by atoms with E-state index >= 15 is 0 Å². The molecular formula is C12H11F5O5S. The number of halogens is 5. The number of benzene rings is 1. The first kappa shape index (κ1) is 17.7. The van der Waals surface area contributed by atoms with Crippen LogP contribution in [0.25, 0.3) is 0 Å². The monoisotopic (exact) mass is 362 g/mol. The summed E-state index contributed by atoms with van der Waals surface area (Å²) < 4.78 is 99.1. The lowest BCUT2D eigenvalue weighted by Crippen LogP contribution is -2.38. The smallest absolute Gasteiger partial charge is 0.490 e. The second-order valence-corrected chi connectivity index (χ2v) is 6.31. The molecule has 0 spiro atoms. The number of hydrogen-bond donors (Lipinski definition) is 0. The third-order valence-corrected chi connectivity index (χ3v) is 4.10. The van der Waals surface area contributed by atoms with Crippen LogP contribution in [0.1, 0.15) is 12.8 Å². The largest absolute Gasteiger partial charge is 0.534 e. The number of methoxy groups -OCH3 is 1. The SMILES string of the molecule is COC1CC(Oc2cc(F)c(F)c(OS(=O)(=O)C(F)(F)F)c2)C1. The standard InChI is InChI=1S/C12H11F5O5S/c1-20-6-2-7(3-6)21-8-4-9(13)11(14)10(5-8)22-23(18,19)12(15,16)17/h4-7H,2-3H2,1H3. The molecule has 0 saturated heterocycles. The molecule has 0 aliphatic heterocycles. The lowest BCUT2D eigenvalue weighted by Gasteiger charge is -2.34. The van der Waals surface area contributed by atoms with Crippen molar-refractivity contribution in [2.24, 2.45) is 0 Å². The molecule has 1 aromatic carbocycles. The zero-order valence-electron chi connectivity index (χ0n) is 11.6. The molecule has 0 heterocycles. The highest BCUT2D eigenvalue weighted by Gasteiger charge is 2.49. The van der Waals surface area contributed by atoms with E-state index in [1.807, 2.05) is 0 Å². The van der Waals surface area contributed by atoms with Gasteiger partial charge in [0, 0.05) is 32.1 Å². The minimum atomic E-state index is -6.12. The van der Waals surface area contributed by atoms with Crippen LogP contribution < -0.4 is 8.92 Å². The van der Waals surface area contributed by atoms with Crippen LogP contribution in [0.4, 0.5) is 22.0 Å². The minimum absolute atomic E-state index is 0.0633. The normalized spacial score (nSPS) is 21.7. The van der Waals surface area contributed by atoms with Gasteiger partial charge < -0.3 is 13.7 Å². The predicted octanol–water partition coefficient (Wildman–Crippen LogP) is 2.75. The van der Waals surface area contributed by atoms with Crippen molar-refractivity contribution >= 4 is 10.1 Å².